The number of benzene rings is 1. The lowest BCUT2D eigenvalue weighted by molar-refractivity contribution is 0.747. The molecule has 0 radical (unpaired) electrons. The smallest absolute Gasteiger partial charge is 0.0408 e. The lowest BCUT2D eigenvalue weighted by Crippen LogP contribution is -1.84. The van der Waals surface area contributed by atoms with Crippen LogP contribution >= 0.6 is 11.6 Å². The standard InChI is InChI=1S/C10H11Cl.C2H6/c1-7-2-3-8-6-9(11)4-5-10(7)8;1-2/h4-7H,2-3H2,1H3;1-2H3. The van der Waals surface area contributed by atoms with Gasteiger partial charge in [-0.2, -0.15) is 0 Å². The van der Waals surface area contributed by atoms with E-state index in [1.165, 1.54) is 24.0 Å². The Morgan fingerprint density at radius 3 is 2.69 bits per heavy atom. The molecule has 2 rings (SSSR count). The van der Waals surface area contributed by atoms with E-state index in [2.05, 4.69) is 19.1 Å². The van der Waals surface area contributed by atoms with Crippen LogP contribution in [0.2, 0.25) is 5.02 Å². The van der Waals surface area contributed by atoms with Crippen LogP contribution in [0.5, 0.6) is 0 Å². The van der Waals surface area contributed by atoms with Gasteiger partial charge in [-0.3, -0.25) is 0 Å². The first kappa shape index (κ1) is 10.6. The van der Waals surface area contributed by atoms with Crippen LogP contribution in [0.15, 0.2) is 18.2 Å². The molecule has 0 amide bonds. The van der Waals surface area contributed by atoms with Crippen molar-refractivity contribution in [2.75, 3.05) is 0 Å². The minimum atomic E-state index is 0.738. The van der Waals surface area contributed by atoms with E-state index in [1.807, 2.05) is 19.9 Å². The maximum absolute atomic E-state index is 5.87. The van der Waals surface area contributed by atoms with Gasteiger partial charge < -0.3 is 0 Å². The molecule has 0 saturated heterocycles. The molecule has 1 heteroatoms. The van der Waals surface area contributed by atoms with Gasteiger partial charge in [-0.15, -0.1) is 0 Å². The Morgan fingerprint density at radius 2 is 2.00 bits per heavy atom. The van der Waals surface area contributed by atoms with E-state index in [0.29, 0.717) is 0 Å². The molecule has 1 unspecified atom stereocenters. The molecule has 0 fully saturated rings. The van der Waals surface area contributed by atoms with Gasteiger partial charge >= 0.3 is 0 Å². The van der Waals surface area contributed by atoms with Gasteiger partial charge in [0.25, 0.3) is 0 Å². The van der Waals surface area contributed by atoms with Gasteiger partial charge in [0, 0.05) is 5.02 Å². The van der Waals surface area contributed by atoms with Gasteiger partial charge in [0.15, 0.2) is 0 Å². The summed E-state index contributed by atoms with van der Waals surface area (Å²) in [5.74, 6) is 0.738. The summed E-state index contributed by atoms with van der Waals surface area (Å²) in [6.07, 6.45) is 2.49. The Balaban J connectivity index is 0.000000396. The maximum atomic E-state index is 5.87. The van der Waals surface area contributed by atoms with E-state index in [4.69, 9.17) is 11.6 Å². The number of hydrogen-bond acceptors (Lipinski definition) is 0. The van der Waals surface area contributed by atoms with E-state index < -0.39 is 0 Å². The SMILES string of the molecule is CC.CC1CCc2cc(Cl)ccc21. The normalized spacial score (nSPS) is 18.9. The fraction of sp³-hybridized carbons (Fsp3) is 0.500. The first-order valence-electron chi connectivity index (χ1n) is 5.05. The zero-order chi connectivity index (χ0) is 9.84. The lowest BCUT2D eigenvalue weighted by atomic mass is 10.0. The van der Waals surface area contributed by atoms with Gasteiger partial charge in [0.2, 0.25) is 0 Å². The summed E-state index contributed by atoms with van der Waals surface area (Å²) < 4.78 is 0. The largest absolute Gasteiger partial charge is 0.0843 e. The Kier molecular flexibility index (Phi) is 3.80. The number of fused-ring (bicyclic) bond motifs is 1. The van der Waals surface area contributed by atoms with E-state index in [9.17, 15) is 0 Å². The average Bonchev–Trinajstić information content (AvgIpc) is 2.51. The first-order chi connectivity index (χ1) is 6.27. The van der Waals surface area contributed by atoms with Crippen LogP contribution in [-0.2, 0) is 6.42 Å². The van der Waals surface area contributed by atoms with Crippen molar-refractivity contribution < 1.29 is 0 Å². The summed E-state index contributed by atoms with van der Waals surface area (Å²) in [6.45, 7) is 6.28. The molecule has 0 aliphatic heterocycles. The summed E-state index contributed by atoms with van der Waals surface area (Å²) >= 11 is 5.87. The predicted molar refractivity (Wildman–Crippen MR) is 59.5 cm³/mol. The van der Waals surface area contributed by atoms with Crippen molar-refractivity contribution in [3.8, 4) is 0 Å². The number of hydrogen-bond donors (Lipinski definition) is 0. The molecular formula is C12H17Cl. The molecule has 0 N–H and O–H groups in total. The quantitative estimate of drug-likeness (QED) is 0.577. The highest BCUT2D eigenvalue weighted by Crippen LogP contribution is 2.33. The highest BCUT2D eigenvalue weighted by atomic mass is 35.5. The van der Waals surface area contributed by atoms with Crippen molar-refractivity contribution in [2.45, 2.75) is 39.5 Å². The molecule has 0 nitrogen and oxygen atoms in total. The monoisotopic (exact) mass is 196 g/mol. The van der Waals surface area contributed by atoms with E-state index in [1.54, 1.807) is 0 Å². The Hall–Kier alpha value is -0.490. The van der Waals surface area contributed by atoms with Crippen LogP contribution in [0.3, 0.4) is 0 Å². The molecule has 0 heterocycles. The number of rotatable bonds is 0. The summed E-state index contributed by atoms with van der Waals surface area (Å²) in [7, 11) is 0. The fourth-order valence-electron chi connectivity index (χ4n) is 1.80. The maximum Gasteiger partial charge on any atom is 0.0408 e. The molecular weight excluding hydrogens is 180 g/mol. The first-order valence-corrected chi connectivity index (χ1v) is 5.43. The molecule has 0 bridgehead atoms. The topological polar surface area (TPSA) is 0 Å². The highest BCUT2D eigenvalue weighted by Gasteiger charge is 2.17. The van der Waals surface area contributed by atoms with Crippen molar-refractivity contribution in [1.82, 2.24) is 0 Å². The number of aryl methyl sites for hydroxylation is 1. The highest BCUT2D eigenvalue weighted by molar-refractivity contribution is 6.30. The van der Waals surface area contributed by atoms with Crippen molar-refractivity contribution >= 4 is 11.6 Å². The van der Waals surface area contributed by atoms with Gasteiger partial charge in [-0.25, -0.2) is 0 Å². The second-order valence-corrected chi connectivity index (χ2v) is 3.72. The third-order valence-electron chi connectivity index (χ3n) is 2.48. The van der Waals surface area contributed by atoms with Crippen LogP contribution in [0.1, 0.15) is 44.2 Å². The number of halogens is 1. The molecule has 0 saturated carbocycles. The molecule has 72 valence electrons. The average molecular weight is 197 g/mol. The Bertz CT molecular complexity index is 278. The zero-order valence-electron chi connectivity index (χ0n) is 8.60. The van der Waals surface area contributed by atoms with Gasteiger partial charge in [-0.1, -0.05) is 38.4 Å². The third-order valence-corrected chi connectivity index (χ3v) is 2.72. The predicted octanol–water partition coefficient (Wildman–Crippen LogP) is 4.42. The summed E-state index contributed by atoms with van der Waals surface area (Å²) in [5, 5.41) is 0.873. The molecule has 1 aliphatic carbocycles. The van der Waals surface area contributed by atoms with Gasteiger partial charge in [-0.05, 0) is 42.0 Å². The van der Waals surface area contributed by atoms with E-state index in [-0.39, 0.29) is 0 Å². The third kappa shape index (κ3) is 2.25. The summed E-state index contributed by atoms with van der Waals surface area (Å²) in [4.78, 5) is 0. The van der Waals surface area contributed by atoms with Crippen molar-refractivity contribution in [3.63, 3.8) is 0 Å². The van der Waals surface area contributed by atoms with Crippen molar-refractivity contribution in [3.05, 3.63) is 34.3 Å². The second-order valence-electron chi connectivity index (χ2n) is 3.28. The second kappa shape index (κ2) is 4.66. The van der Waals surface area contributed by atoms with E-state index in [0.717, 1.165) is 10.9 Å². The molecule has 0 aromatic heterocycles. The molecule has 1 aromatic rings. The lowest BCUT2D eigenvalue weighted by Gasteiger charge is -2.02. The Morgan fingerprint density at radius 1 is 1.31 bits per heavy atom. The van der Waals surface area contributed by atoms with Gasteiger partial charge in [0.05, 0.1) is 0 Å². The summed E-state index contributed by atoms with van der Waals surface area (Å²) in [6, 6.07) is 6.25. The minimum Gasteiger partial charge on any atom is -0.0843 e. The van der Waals surface area contributed by atoms with Crippen molar-refractivity contribution in [2.24, 2.45) is 0 Å². The molecule has 1 atom stereocenters. The van der Waals surface area contributed by atoms with Crippen LogP contribution in [0.25, 0.3) is 0 Å². The fourth-order valence-corrected chi connectivity index (χ4v) is 1.99. The molecule has 1 aromatic carbocycles. The zero-order valence-corrected chi connectivity index (χ0v) is 9.36. The Labute approximate surface area is 85.9 Å². The molecule has 0 spiro atoms. The van der Waals surface area contributed by atoms with Crippen molar-refractivity contribution in [1.29, 1.82) is 0 Å². The molecule has 1 aliphatic rings. The molecule has 13 heavy (non-hydrogen) atoms. The minimum absolute atomic E-state index is 0.738. The van der Waals surface area contributed by atoms with Gasteiger partial charge in [0.1, 0.15) is 0 Å². The van der Waals surface area contributed by atoms with Crippen LogP contribution in [0.4, 0.5) is 0 Å². The summed E-state index contributed by atoms with van der Waals surface area (Å²) in [5.41, 5.74) is 2.94. The van der Waals surface area contributed by atoms with Crippen LogP contribution in [0, 0.1) is 0 Å². The van der Waals surface area contributed by atoms with Crippen LogP contribution < -0.4 is 0 Å². The van der Waals surface area contributed by atoms with Crippen LogP contribution in [-0.4, -0.2) is 0 Å². The van der Waals surface area contributed by atoms with E-state index >= 15 is 0 Å².